The van der Waals surface area contributed by atoms with Gasteiger partial charge in [-0.2, -0.15) is 13.2 Å². The fraction of sp³-hybridized carbons (Fsp3) is 0.429. The number of hydrogen-bond donors (Lipinski definition) is 2. The second-order valence-corrected chi connectivity index (χ2v) is 5.12. The van der Waals surface area contributed by atoms with Crippen molar-refractivity contribution < 1.29 is 32.6 Å². The normalized spacial score (nSPS) is 14.0. The summed E-state index contributed by atoms with van der Waals surface area (Å²) >= 11 is 5.84. The van der Waals surface area contributed by atoms with Gasteiger partial charge in [0, 0.05) is 10.7 Å². The zero-order valence-electron chi connectivity index (χ0n) is 12.3. The van der Waals surface area contributed by atoms with Crippen molar-refractivity contribution in [2.24, 2.45) is 0 Å². The SMILES string of the molecule is CCOC(=O)[C@@](O)(CC(=O)Nc1cccc(Cl)c1C)C(F)(F)F. The van der Waals surface area contributed by atoms with Crippen LogP contribution in [0, 0.1) is 6.92 Å². The Labute approximate surface area is 135 Å². The molecule has 1 aromatic carbocycles. The highest BCUT2D eigenvalue weighted by atomic mass is 35.5. The van der Waals surface area contributed by atoms with Crippen LogP contribution in [0.2, 0.25) is 5.02 Å². The quantitative estimate of drug-likeness (QED) is 0.798. The van der Waals surface area contributed by atoms with Crippen LogP contribution in [0.25, 0.3) is 0 Å². The molecular formula is C14H15ClF3NO4. The maximum absolute atomic E-state index is 13.0. The second-order valence-electron chi connectivity index (χ2n) is 4.72. The summed E-state index contributed by atoms with van der Waals surface area (Å²) in [5, 5.41) is 12.1. The largest absolute Gasteiger partial charge is 0.464 e. The van der Waals surface area contributed by atoms with Crippen molar-refractivity contribution >= 4 is 29.2 Å². The van der Waals surface area contributed by atoms with E-state index in [1.54, 1.807) is 6.92 Å². The minimum atomic E-state index is -5.36. The topological polar surface area (TPSA) is 75.6 Å². The molecule has 1 amide bonds. The van der Waals surface area contributed by atoms with E-state index in [-0.39, 0.29) is 12.3 Å². The predicted molar refractivity (Wildman–Crippen MR) is 77.1 cm³/mol. The van der Waals surface area contributed by atoms with Gasteiger partial charge in [-0.25, -0.2) is 4.79 Å². The number of hydrogen-bond acceptors (Lipinski definition) is 4. The van der Waals surface area contributed by atoms with Crippen LogP contribution in [0.5, 0.6) is 0 Å². The Morgan fingerprint density at radius 2 is 1.96 bits per heavy atom. The maximum Gasteiger partial charge on any atom is 0.428 e. The molecule has 0 aliphatic rings. The van der Waals surface area contributed by atoms with Crippen molar-refractivity contribution in [1.29, 1.82) is 0 Å². The molecule has 0 unspecified atom stereocenters. The maximum atomic E-state index is 13.0. The highest BCUT2D eigenvalue weighted by molar-refractivity contribution is 6.31. The Kier molecular flexibility index (Phi) is 6.01. The second kappa shape index (κ2) is 7.18. The molecule has 0 radical (unpaired) electrons. The van der Waals surface area contributed by atoms with Gasteiger partial charge in [-0.1, -0.05) is 17.7 Å². The molecular weight excluding hydrogens is 339 g/mol. The van der Waals surface area contributed by atoms with Gasteiger partial charge in [0.15, 0.2) is 0 Å². The lowest BCUT2D eigenvalue weighted by atomic mass is 9.98. The lowest BCUT2D eigenvalue weighted by molar-refractivity contribution is -0.262. The molecule has 0 saturated heterocycles. The monoisotopic (exact) mass is 353 g/mol. The number of carbonyl (C=O) groups excluding carboxylic acids is 2. The molecule has 128 valence electrons. The molecule has 9 heteroatoms. The summed E-state index contributed by atoms with van der Waals surface area (Å²) < 4.78 is 43.1. The number of halogens is 4. The van der Waals surface area contributed by atoms with E-state index >= 15 is 0 Å². The Hall–Kier alpha value is -1.80. The zero-order chi connectivity index (χ0) is 17.8. The summed E-state index contributed by atoms with van der Waals surface area (Å²) in [6.45, 7) is 2.47. The van der Waals surface area contributed by atoms with E-state index in [2.05, 4.69) is 10.1 Å². The summed E-state index contributed by atoms with van der Waals surface area (Å²) in [7, 11) is 0. The third kappa shape index (κ3) is 4.35. The van der Waals surface area contributed by atoms with Crippen molar-refractivity contribution in [2.75, 3.05) is 11.9 Å². The van der Waals surface area contributed by atoms with Gasteiger partial charge in [0.25, 0.3) is 5.60 Å². The van der Waals surface area contributed by atoms with E-state index in [4.69, 9.17) is 11.6 Å². The molecule has 0 aliphatic carbocycles. The number of rotatable bonds is 5. The van der Waals surface area contributed by atoms with Crippen molar-refractivity contribution in [3.63, 3.8) is 0 Å². The van der Waals surface area contributed by atoms with Gasteiger partial charge in [-0.05, 0) is 31.5 Å². The number of nitrogens with one attached hydrogen (secondary N) is 1. The van der Waals surface area contributed by atoms with Crippen molar-refractivity contribution in [3.8, 4) is 0 Å². The summed E-state index contributed by atoms with van der Waals surface area (Å²) in [5.74, 6) is -3.13. The van der Waals surface area contributed by atoms with Crippen molar-refractivity contribution in [2.45, 2.75) is 32.0 Å². The van der Waals surface area contributed by atoms with Crippen molar-refractivity contribution in [3.05, 3.63) is 28.8 Å². The number of anilines is 1. The van der Waals surface area contributed by atoms with Crippen molar-refractivity contribution in [1.82, 2.24) is 0 Å². The van der Waals surface area contributed by atoms with Crippen LogP contribution < -0.4 is 5.32 Å². The standard InChI is InChI=1S/C14H15ClF3NO4/c1-3-23-12(21)13(22,14(16,17)18)7-11(20)19-10-6-4-5-9(15)8(10)2/h4-6,22H,3,7H2,1-2H3,(H,19,20)/t13-/m0/s1. The lowest BCUT2D eigenvalue weighted by Gasteiger charge is -2.27. The average Bonchev–Trinajstić information content (AvgIpc) is 2.42. The summed E-state index contributed by atoms with van der Waals surface area (Å²) in [5.41, 5.74) is -3.30. The minimum absolute atomic E-state index is 0.177. The first-order valence-electron chi connectivity index (χ1n) is 6.54. The van der Waals surface area contributed by atoms with E-state index in [1.165, 1.54) is 25.1 Å². The molecule has 0 heterocycles. The van der Waals surface area contributed by atoms with Gasteiger partial charge in [0.05, 0.1) is 13.0 Å². The first-order chi connectivity index (χ1) is 10.5. The first kappa shape index (κ1) is 19.2. The van der Waals surface area contributed by atoms with Gasteiger partial charge < -0.3 is 15.2 Å². The Morgan fingerprint density at radius 3 is 2.48 bits per heavy atom. The molecule has 0 bridgehead atoms. The van der Waals surface area contributed by atoms with Gasteiger partial charge in [0.2, 0.25) is 5.91 Å². The number of amides is 1. The van der Waals surface area contributed by atoms with Crippen LogP contribution in [0.1, 0.15) is 18.9 Å². The molecule has 1 aromatic rings. The molecule has 23 heavy (non-hydrogen) atoms. The summed E-state index contributed by atoms with van der Waals surface area (Å²) in [4.78, 5) is 23.3. The molecule has 0 aliphatic heterocycles. The lowest BCUT2D eigenvalue weighted by Crippen LogP contribution is -2.54. The van der Waals surface area contributed by atoms with Crippen LogP contribution in [-0.2, 0) is 14.3 Å². The average molecular weight is 354 g/mol. The first-order valence-corrected chi connectivity index (χ1v) is 6.92. The molecule has 1 rings (SSSR count). The predicted octanol–water partition coefficient (Wildman–Crippen LogP) is 2.83. The number of aliphatic hydroxyl groups is 1. The highest BCUT2D eigenvalue weighted by Gasteiger charge is 2.61. The molecule has 0 aromatic heterocycles. The van der Waals surface area contributed by atoms with E-state index in [1.807, 2.05) is 0 Å². The zero-order valence-corrected chi connectivity index (χ0v) is 13.1. The fourth-order valence-electron chi connectivity index (χ4n) is 1.71. The fourth-order valence-corrected chi connectivity index (χ4v) is 1.88. The number of benzene rings is 1. The molecule has 0 fully saturated rings. The van der Waals surface area contributed by atoms with Gasteiger partial charge >= 0.3 is 12.1 Å². The van der Waals surface area contributed by atoms with Crippen LogP contribution in [0.3, 0.4) is 0 Å². The smallest absolute Gasteiger partial charge is 0.428 e. The number of alkyl halides is 3. The minimum Gasteiger partial charge on any atom is -0.464 e. The Balaban J connectivity index is 2.98. The van der Waals surface area contributed by atoms with E-state index in [9.17, 15) is 27.9 Å². The molecule has 0 spiro atoms. The van der Waals surface area contributed by atoms with E-state index < -0.39 is 30.1 Å². The Morgan fingerprint density at radius 1 is 1.35 bits per heavy atom. The summed E-state index contributed by atoms with van der Waals surface area (Å²) in [6, 6.07) is 4.46. The van der Waals surface area contributed by atoms with Crippen LogP contribution in [0.15, 0.2) is 18.2 Å². The van der Waals surface area contributed by atoms with E-state index in [0.29, 0.717) is 10.6 Å². The van der Waals surface area contributed by atoms with Crippen LogP contribution in [0.4, 0.5) is 18.9 Å². The molecule has 5 nitrogen and oxygen atoms in total. The van der Waals surface area contributed by atoms with Crippen LogP contribution in [-0.4, -0.2) is 35.4 Å². The number of ether oxygens (including phenoxy) is 1. The molecule has 2 N–H and O–H groups in total. The number of carbonyl (C=O) groups is 2. The van der Waals surface area contributed by atoms with Gasteiger partial charge in [-0.3, -0.25) is 4.79 Å². The van der Waals surface area contributed by atoms with Crippen LogP contribution >= 0.6 is 11.6 Å². The highest BCUT2D eigenvalue weighted by Crippen LogP contribution is 2.35. The van der Waals surface area contributed by atoms with Gasteiger partial charge in [0.1, 0.15) is 0 Å². The van der Waals surface area contributed by atoms with E-state index in [0.717, 1.165) is 0 Å². The Bertz CT molecular complexity index is 606. The molecule has 1 atom stereocenters. The third-order valence-corrected chi connectivity index (χ3v) is 3.45. The third-order valence-electron chi connectivity index (χ3n) is 3.04. The summed E-state index contributed by atoms with van der Waals surface area (Å²) in [6.07, 6.45) is -6.89. The number of esters is 1. The van der Waals surface area contributed by atoms with Gasteiger partial charge in [-0.15, -0.1) is 0 Å². The molecule has 0 saturated carbocycles.